The lowest BCUT2D eigenvalue weighted by atomic mass is 10.1. The molecule has 0 aliphatic heterocycles. The summed E-state index contributed by atoms with van der Waals surface area (Å²) in [6.45, 7) is 0. The topological polar surface area (TPSA) is 72.0 Å². The summed E-state index contributed by atoms with van der Waals surface area (Å²) in [6, 6.07) is 1.66. The zero-order valence-electron chi connectivity index (χ0n) is 7.29. The van der Waals surface area contributed by atoms with Crippen molar-refractivity contribution in [2.45, 2.75) is 6.10 Å². The van der Waals surface area contributed by atoms with Crippen molar-refractivity contribution in [1.29, 1.82) is 0 Å². The van der Waals surface area contributed by atoms with Crippen LogP contribution in [-0.2, 0) is 0 Å². The summed E-state index contributed by atoms with van der Waals surface area (Å²) in [5, 5.41) is 12.3. The first-order valence-electron chi connectivity index (χ1n) is 4.06. The highest BCUT2D eigenvalue weighted by Crippen LogP contribution is 2.26. The van der Waals surface area contributed by atoms with Crippen LogP contribution in [-0.4, -0.2) is 15.1 Å². The number of hydrogen-bond acceptors (Lipinski definition) is 5. The van der Waals surface area contributed by atoms with Crippen LogP contribution in [0.5, 0.6) is 0 Å². The average Bonchev–Trinajstić information content (AvgIpc) is 2.70. The molecular weight excluding hydrogens is 198 g/mol. The van der Waals surface area contributed by atoms with Crippen LogP contribution in [0, 0.1) is 0 Å². The number of nitrogens with two attached hydrogens (primary N) is 1. The Morgan fingerprint density at radius 2 is 2.29 bits per heavy atom. The fourth-order valence-corrected chi connectivity index (χ4v) is 1.79. The molecule has 0 bridgehead atoms. The summed E-state index contributed by atoms with van der Waals surface area (Å²) >= 11 is 1.39. The maximum atomic E-state index is 9.89. The van der Waals surface area contributed by atoms with Gasteiger partial charge in [-0.2, -0.15) is 0 Å². The van der Waals surface area contributed by atoms with Crippen molar-refractivity contribution in [3.8, 4) is 0 Å². The first-order chi connectivity index (χ1) is 6.79. The van der Waals surface area contributed by atoms with Crippen molar-refractivity contribution in [3.63, 3.8) is 0 Å². The summed E-state index contributed by atoms with van der Waals surface area (Å²) < 4.78 is 0. The third-order valence-corrected chi connectivity index (χ3v) is 2.69. The molecule has 0 aliphatic carbocycles. The second-order valence-corrected chi connectivity index (χ2v) is 3.70. The Morgan fingerprint density at radius 1 is 1.43 bits per heavy atom. The molecule has 0 amide bonds. The lowest BCUT2D eigenvalue weighted by Gasteiger charge is -2.09. The molecule has 3 N–H and O–H groups in total. The average molecular weight is 207 g/mol. The molecule has 2 aromatic rings. The van der Waals surface area contributed by atoms with Crippen LogP contribution >= 0.6 is 11.3 Å². The third kappa shape index (κ3) is 1.59. The number of pyridine rings is 1. The Kier molecular flexibility index (Phi) is 2.43. The Labute approximate surface area is 85.1 Å². The van der Waals surface area contributed by atoms with E-state index in [1.54, 1.807) is 24.7 Å². The van der Waals surface area contributed by atoms with Gasteiger partial charge in [-0.05, 0) is 6.07 Å². The van der Waals surface area contributed by atoms with Gasteiger partial charge in [0.25, 0.3) is 0 Å². The summed E-state index contributed by atoms with van der Waals surface area (Å²) in [5.41, 5.74) is 6.83. The highest BCUT2D eigenvalue weighted by Gasteiger charge is 2.15. The Bertz CT molecular complexity index is 416. The van der Waals surface area contributed by atoms with E-state index in [0.717, 1.165) is 0 Å². The molecule has 2 aromatic heterocycles. The number of thiazole rings is 1. The van der Waals surface area contributed by atoms with Gasteiger partial charge in [0.2, 0.25) is 0 Å². The second kappa shape index (κ2) is 3.73. The van der Waals surface area contributed by atoms with E-state index in [0.29, 0.717) is 16.3 Å². The van der Waals surface area contributed by atoms with Gasteiger partial charge in [-0.25, -0.2) is 4.98 Å². The normalized spacial score (nSPS) is 12.6. The molecule has 0 saturated heterocycles. The largest absolute Gasteiger partial charge is 0.398 e. The van der Waals surface area contributed by atoms with Crippen LogP contribution in [0.3, 0.4) is 0 Å². The van der Waals surface area contributed by atoms with Crippen LogP contribution in [0.4, 0.5) is 5.69 Å². The molecule has 1 atom stereocenters. The maximum absolute atomic E-state index is 9.89. The van der Waals surface area contributed by atoms with Crippen LogP contribution in [0.15, 0.2) is 30.0 Å². The molecular formula is C9H9N3OS. The molecule has 0 fully saturated rings. The number of nitrogens with zero attached hydrogens (tertiary/aromatic N) is 2. The quantitative estimate of drug-likeness (QED) is 0.776. The SMILES string of the molecule is Nc1ccncc1C(O)c1nccs1. The maximum Gasteiger partial charge on any atom is 0.134 e. The molecule has 2 rings (SSSR count). The number of aliphatic hydroxyl groups is 1. The van der Waals surface area contributed by atoms with Gasteiger partial charge in [0.1, 0.15) is 11.1 Å². The van der Waals surface area contributed by atoms with Gasteiger partial charge in [0.05, 0.1) is 0 Å². The Balaban J connectivity index is 2.37. The number of anilines is 1. The number of aromatic nitrogens is 2. The van der Waals surface area contributed by atoms with Gasteiger partial charge in [0, 0.05) is 35.2 Å². The van der Waals surface area contributed by atoms with Gasteiger partial charge >= 0.3 is 0 Å². The molecule has 0 saturated carbocycles. The number of aliphatic hydroxyl groups excluding tert-OH is 1. The molecule has 0 aromatic carbocycles. The number of rotatable bonds is 2. The van der Waals surface area contributed by atoms with E-state index in [9.17, 15) is 5.11 Å². The van der Waals surface area contributed by atoms with E-state index in [2.05, 4.69) is 9.97 Å². The lowest BCUT2D eigenvalue weighted by molar-refractivity contribution is 0.220. The monoisotopic (exact) mass is 207 g/mol. The van der Waals surface area contributed by atoms with E-state index >= 15 is 0 Å². The minimum atomic E-state index is -0.774. The van der Waals surface area contributed by atoms with Crippen molar-refractivity contribution in [3.05, 3.63) is 40.6 Å². The zero-order chi connectivity index (χ0) is 9.97. The molecule has 2 heterocycles. The van der Waals surface area contributed by atoms with E-state index in [4.69, 9.17) is 5.73 Å². The van der Waals surface area contributed by atoms with Crippen molar-refractivity contribution in [2.75, 3.05) is 5.73 Å². The fraction of sp³-hybridized carbons (Fsp3) is 0.111. The minimum absolute atomic E-state index is 0.530. The predicted molar refractivity (Wildman–Crippen MR) is 54.8 cm³/mol. The van der Waals surface area contributed by atoms with Gasteiger partial charge in [-0.15, -0.1) is 11.3 Å². The van der Waals surface area contributed by atoms with Crippen LogP contribution in [0.1, 0.15) is 16.7 Å². The molecule has 5 heteroatoms. The predicted octanol–water partition coefficient (Wildman–Crippen LogP) is 1.20. The van der Waals surface area contributed by atoms with Gasteiger partial charge in [0.15, 0.2) is 0 Å². The van der Waals surface area contributed by atoms with Crippen LogP contribution < -0.4 is 5.73 Å². The standard InChI is InChI=1S/C9H9N3OS/c10-7-1-2-11-5-6(7)8(13)9-12-3-4-14-9/h1-5,8,13H,(H2,10,11). The Hall–Kier alpha value is -1.46. The van der Waals surface area contributed by atoms with Crippen molar-refractivity contribution >= 4 is 17.0 Å². The Morgan fingerprint density at radius 3 is 2.93 bits per heavy atom. The minimum Gasteiger partial charge on any atom is -0.398 e. The van der Waals surface area contributed by atoms with Gasteiger partial charge in [-0.1, -0.05) is 0 Å². The molecule has 72 valence electrons. The highest BCUT2D eigenvalue weighted by atomic mass is 32.1. The van der Waals surface area contributed by atoms with E-state index < -0.39 is 6.10 Å². The van der Waals surface area contributed by atoms with Crippen molar-refractivity contribution < 1.29 is 5.11 Å². The van der Waals surface area contributed by atoms with Crippen LogP contribution in [0.2, 0.25) is 0 Å². The number of nitrogen functional groups attached to an aromatic ring is 1. The van der Waals surface area contributed by atoms with Gasteiger partial charge in [-0.3, -0.25) is 4.98 Å². The molecule has 1 unspecified atom stereocenters. The van der Waals surface area contributed by atoms with Crippen molar-refractivity contribution in [1.82, 2.24) is 9.97 Å². The fourth-order valence-electron chi connectivity index (χ4n) is 1.15. The molecule has 0 radical (unpaired) electrons. The van der Waals surface area contributed by atoms with E-state index in [-0.39, 0.29) is 0 Å². The summed E-state index contributed by atoms with van der Waals surface area (Å²) in [5.74, 6) is 0. The molecule has 0 spiro atoms. The molecule has 0 aliphatic rings. The zero-order valence-corrected chi connectivity index (χ0v) is 8.11. The first-order valence-corrected chi connectivity index (χ1v) is 4.94. The summed E-state index contributed by atoms with van der Waals surface area (Å²) in [4.78, 5) is 7.93. The molecule has 4 nitrogen and oxygen atoms in total. The van der Waals surface area contributed by atoms with Crippen LogP contribution in [0.25, 0.3) is 0 Å². The second-order valence-electron chi connectivity index (χ2n) is 2.78. The smallest absolute Gasteiger partial charge is 0.134 e. The van der Waals surface area contributed by atoms with E-state index in [1.807, 2.05) is 5.38 Å². The molecule has 14 heavy (non-hydrogen) atoms. The third-order valence-electron chi connectivity index (χ3n) is 1.87. The number of hydrogen-bond donors (Lipinski definition) is 2. The summed E-state index contributed by atoms with van der Waals surface area (Å²) in [7, 11) is 0. The highest BCUT2D eigenvalue weighted by molar-refractivity contribution is 7.09. The van der Waals surface area contributed by atoms with Crippen molar-refractivity contribution in [2.24, 2.45) is 0 Å². The van der Waals surface area contributed by atoms with Gasteiger partial charge < -0.3 is 10.8 Å². The van der Waals surface area contributed by atoms with E-state index in [1.165, 1.54) is 11.3 Å². The first kappa shape index (κ1) is 9.11. The lowest BCUT2D eigenvalue weighted by Crippen LogP contribution is -2.03. The summed E-state index contributed by atoms with van der Waals surface area (Å²) in [6.07, 6.45) is 4.02.